The largest absolute Gasteiger partial charge is 0.352 e. The summed E-state index contributed by atoms with van der Waals surface area (Å²) in [4.78, 5) is 29.7. The first-order valence-electron chi connectivity index (χ1n) is 15.3. The lowest BCUT2D eigenvalue weighted by Gasteiger charge is -2.33. The molecule has 8 heteroatoms. The molecule has 0 spiro atoms. The van der Waals surface area contributed by atoms with Crippen molar-refractivity contribution in [3.05, 3.63) is 101 Å². The zero-order valence-electron chi connectivity index (χ0n) is 25.9. The summed E-state index contributed by atoms with van der Waals surface area (Å²) >= 11 is 0. The van der Waals surface area contributed by atoms with Gasteiger partial charge in [0, 0.05) is 32.0 Å². The topological polar surface area (TPSA) is 86.8 Å². The second kappa shape index (κ2) is 14.7. The predicted octanol–water partition coefficient (Wildman–Crippen LogP) is 5.86. The molecule has 0 radical (unpaired) electrons. The molecule has 2 amide bonds. The standard InChI is InChI=1S/C35H45N3O4S/c1-26-13-10-17-30(23-26)25-37(33(24-29-15-6-5-7-16-29)35(40)36-31-18-8-9-19-31)34(39)21-12-22-38(43(4,41)42)32-20-11-14-27(2)28(32)3/h5-7,10-11,13-17,20,23,31,33H,8-9,12,18-19,21-22,24-25H2,1-4H3,(H,36,40). The van der Waals surface area contributed by atoms with Gasteiger partial charge in [-0.05, 0) is 68.4 Å². The van der Waals surface area contributed by atoms with E-state index in [4.69, 9.17) is 0 Å². The van der Waals surface area contributed by atoms with Crippen LogP contribution in [0, 0.1) is 20.8 Å². The van der Waals surface area contributed by atoms with E-state index >= 15 is 0 Å². The lowest BCUT2D eigenvalue weighted by molar-refractivity contribution is -0.141. The van der Waals surface area contributed by atoms with E-state index in [1.54, 1.807) is 11.0 Å². The average molecular weight is 604 g/mol. The zero-order valence-corrected chi connectivity index (χ0v) is 26.7. The molecule has 1 atom stereocenters. The molecule has 3 aromatic rings. The van der Waals surface area contributed by atoms with Crippen LogP contribution >= 0.6 is 0 Å². The fraction of sp³-hybridized carbons (Fsp3) is 0.429. The fourth-order valence-electron chi connectivity index (χ4n) is 5.92. The summed E-state index contributed by atoms with van der Waals surface area (Å²) < 4.78 is 27.0. The maximum absolute atomic E-state index is 14.1. The number of hydrogen-bond acceptors (Lipinski definition) is 4. The van der Waals surface area contributed by atoms with Crippen LogP contribution in [0.1, 0.15) is 66.3 Å². The maximum atomic E-state index is 14.1. The van der Waals surface area contributed by atoms with Crippen LogP contribution in [-0.2, 0) is 32.6 Å². The SMILES string of the molecule is Cc1cccc(CN(C(=O)CCCN(c2cccc(C)c2C)S(C)(=O)=O)C(Cc2ccccc2)C(=O)NC2CCCC2)c1. The molecule has 43 heavy (non-hydrogen) atoms. The van der Waals surface area contributed by atoms with Crippen molar-refractivity contribution in [1.29, 1.82) is 0 Å². The van der Waals surface area contributed by atoms with Gasteiger partial charge in [-0.15, -0.1) is 0 Å². The number of nitrogens with zero attached hydrogens (tertiary/aromatic N) is 2. The summed E-state index contributed by atoms with van der Waals surface area (Å²) in [6.45, 7) is 6.34. The number of rotatable bonds is 13. The zero-order chi connectivity index (χ0) is 31.0. The molecule has 1 fully saturated rings. The third kappa shape index (κ3) is 8.92. The molecule has 1 unspecified atom stereocenters. The molecule has 1 aliphatic rings. The number of amides is 2. The number of hydrogen-bond donors (Lipinski definition) is 1. The quantitative estimate of drug-likeness (QED) is 0.265. The number of aryl methyl sites for hydroxylation is 2. The highest BCUT2D eigenvalue weighted by Crippen LogP contribution is 2.26. The van der Waals surface area contributed by atoms with E-state index in [0.717, 1.165) is 53.5 Å². The number of anilines is 1. The minimum Gasteiger partial charge on any atom is -0.352 e. The molecular formula is C35H45N3O4S. The van der Waals surface area contributed by atoms with E-state index in [2.05, 4.69) is 5.32 Å². The Hall–Kier alpha value is -3.65. The lowest BCUT2D eigenvalue weighted by atomic mass is 10.0. The first-order chi connectivity index (χ1) is 20.5. The van der Waals surface area contributed by atoms with E-state index in [9.17, 15) is 18.0 Å². The maximum Gasteiger partial charge on any atom is 0.243 e. The fourth-order valence-corrected chi connectivity index (χ4v) is 6.93. The van der Waals surface area contributed by atoms with Crippen molar-refractivity contribution in [2.75, 3.05) is 17.1 Å². The number of nitrogens with one attached hydrogen (secondary N) is 1. The van der Waals surface area contributed by atoms with Crippen molar-refractivity contribution in [3.63, 3.8) is 0 Å². The molecule has 230 valence electrons. The van der Waals surface area contributed by atoms with Crippen LogP contribution in [0.4, 0.5) is 5.69 Å². The number of benzene rings is 3. The Kier molecular flexibility index (Phi) is 11.0. The van der Waals surface area contributed by atoms with Gasteiger partial charge in [0.1, 0.15) is 6.04 Å². The highest BCUT2D eigenvalue weighted by molar-refractivity contribution is 7.92. The van der Waals surface area contributed by atoms with Gasteiger partial charge in [0.15, 0.2) is 0 Å². The van der Waals surface area contributed by atoms with Crippen molar-refractivity contribution in [3.8, 4) is 0 Å². The molecule has 3 aromatic carbocycles. The summed E-state index contributed by atoms with van der Waals surface area (Å²) in [5.74, 6) is -0.302. The third-order valence-electron chi connectivity index (χ3n) is 8.40. The Labute approximate surface area is 257 Å². The number of sulfonamides is 1. The highest BCUT2D eigenvalue weighted by Gasteiger charge is 2.32. The second-order valence-corrected chi connectivity index (χ2v) is 13.8. The molecule has 0 aromatic heterocycles. The van der Waals surface area contributed by atoms with Crippen LogP contribution in [0.15, 0.2) is 72.8 Å². The molecule has 1 N–H and O–H groups in total. The minimum atomic E-state index is -3.57. The van der Waals surface area contributed by atoms with Gasteiger partial charge < -0.3 is 10.2 Å². The molecule has 4 rings (SSSR count). The third-order valence-corrected chi connectivity index (χ3v) is 9.58. The molecule has 7 nitrogen and oxygen atoms in total. The Bertz CT molecular complexity index is 1500. The summed E-state index contributed by atoms with van der Waals surface area (Å²) in [5, 5.41) is 3.24. The van der Waals surface area contributed by atoms with E-state index in [-0.39, 0.29) is 30.8 Å². The Morgan fingerprint density at radius 3 is 2.26 bits per heavy atom. The molecule has 1 aliphatic carbocycles. The summed E-state index contributed by atoms with van der Waals surface area (Å²) in [7, 11) is -3.57. The van der Waals surface area contributed by atoms with E-state index < -0.39 is 16.1 Å². The van der Waals surface area contributed by atoms with Crippen molar-refractivity contribution in [1.82, 2.24) is 10.2 Å². The van der Waals surface area contributed by atoms with Gasteiger partial charge in [-0.25, -0.2) is 8.42 Å². The monoisotopic (exact) mass is 603 g/mol. The molecule has 1 saturated carbocycles. The smallest absolute Gasteiger partial charge is 0.243 e. The van der Waals surface area contributed by atoms with E-state index in [0.29, 0.717) is 25.1 Å². The second-order valence-electron chi connectivity index (χ2n) is 11.9. The van der Waals surface area contributed by atoms with Crippen molar-refractivity contribution in [2.45, 2.75) is 84.3 Å². The van der Waals surface area contributed by atoms with Crippen molar-refractivity contribution >= 4 is 27.5 Å². The van der Waals surface area contributed by atoms with Gasteiger partial charge in [-0.1, -0.05) is 85.1 Å². The van der Waals surface area contributed by atoms with Gasteiger partial charge in [-0.2, -0.15) is 0 Å². The Balaban J connectivity index is 1.60. The van der Waals surface area contributed by atoms with Gasteiger partial charge in [0.2, 0.25) is 21.8 Å². The van der Waals surface area contributed by atoms with Crippen LogP contribution in [0.3, 0.4) is 0 Å². The lowest BCUT2D eigenvalue weighted by Crippen LogP contribution is -2.52. The van der Waals surface area contributed by atoms with E-state index in [1.807, 2.05) is 87.5 Å². The normalized spacial score (nSPS) is 14.3. The number of carbonyl (C=O) groups excluding carboxylic acids is 2. The van der Waals surface area contributed by atoms with E-state index in [1.165, 1.54) is 10.6 Å². The summed E-state index contributed by atoms with van der Waals surface area (Å²) in [6.07, 6.45) is 6.13. The summed E-state index contributed by atoms with van der Waals surface area (Å²) in [5.41, 5.74) is 5.54. The van der Waals surface area contributed by atoms with Crippen molar-refractivity contribution < 1.29 is 18.0 Å². The van der Waals surface area contributed by atoms with Crippen LogP contribution in [0.5, 0.6) is 0 Å². The van der Waals surface area contributed by atoms with Gasteiger partial charge in [0.25, 0.3) is 0 Å². The van der Waals surface area contributed by atoms with Gasteiger partial charge >= 0.3 is 0 Å². The first-order valence-corrected chi connectivity index (χ1v) is 17.1. The Morgan fingerprint density at radius 1 is 0.907 bits per heavy atom. The van der Waals surface area contributed by atoms with Crippen molar-refractivity contribution in [2.24, 2.45) is 0 Å². The van der Waals surface area contributed by atoms with Gasteiger partial charge in [0.05, 0.1) is 11.9 Å². The Morgan fingerprint density at radius 2 is 1.58 bits per heavy atom. The predicted molar refractivity (Wildman–Crippen MR) is 173 cm³/mol. The van der Waals surface area contributed by atoms with Crippen LogP contribution < -0.4 is 9.62 Å². The summed E-state index contributed by atoms with van der Waals surface area (Å²) in [6, 6.07) is 22.8. The van der Waals surface area contributed by atoms with Crippen LogP contribution in [-0.4, -0.2) is 50.0 Å². The molecule has 0 heterocycles. The molecule has 0 aliphatic heterocycles. The molecule has 0 bridgehead atoms. The van der Waals surface area contributed by atoms with Gasteiger partial charge in [-0.3, -0.25) is 13.9 Å². The highest BCUT2D eigenvalue weighted by atomic mass is 32.2. The molecule has 0 saturated heterocycles. The first kappa shape index (κ1) is 32.3. The minimum absolute atomic E-state index is 0.116. The number of carbonyl (C=O) groups is 2. The van der Waals surface area contributed by atoms with Crippen LogP contribution in [0.25, 0.3) is 0 Å². The average Bonchev–Trinajstić information content (AvgIpc) is 3.47. The molecular weight excluding hydrogens is 558 g/mol. The van der Waals surface area contributed by atoms with Crippen LogP contribution in [0.2, 0.25) is 0 Å².